The first-order valence-electron chi connectivity index (χ1n) is 6.40. The van der Waals surface area contributed by atoms with Gasteiger partial charge in [0.05, 0.1) is 0 Å². The molecule has 0 bridgehead atoms. The highest BCUT2D eigenvalue weighted by Gasteiger charge is 2.19. The highest BCUT2D eigenvalue weighted by molar-refractivity contribution is 7.99. The molecule has 0 atom stereocenters. The molecular formula is C12H26N2S. The lowest BCUT2D eigenvalue weighted by Gasteiger charge is -2.17. The van der Waals surface area contributed by atoms with Crippen LogP contribution in [0.2, 0.25) is 0 Å². The molecule has 15 heavy (non-hydrogen) atoms. The second kappa shape index (κ2) is 8.43. The maximum Gasteiger partial charge on any atom is 0.00721 e. The molecular weight excluding hydrogens is 204 g/mol. The first-order valence-corrected chi connectivity index (χ1v) is 7.55. The topological polar surface area (TPSA) is 15.3 Å². The number of hydrogen-bond donors (Lipinski definition) is 1. The Bertz CT molecular complexity index is 145. The van der Waals surface area contributed by atoms with Crippen molar-refractivity contribution in [1.82, 2.24) is 10.2 Å². The predicted octanol–water partition coefficient (Wildman–Crippen LogP) is 2.20. The number of nitrogens with zero attached hydrogens (tertiary/aromatic N) is 1. The standard InChI is InChI=1S/C12H26N2S/c1-3-14(4-2)9-11-15-10-5-8-13-12-6-7-12/h12-13H,3-11H2,1-2H3. The second-order valence-electron chi connectivity index (χ2n) is 4.22. The van der Waals surface area contributed by atoms with Gasteiger partial charge >= 0.3 is 0 Å². The maximum atomic E-state index is 3.55. The number of hydrogen-bond acceptors (Lipinski definition) is 3. The van der Waals surface area contributed by atoms with Gasteiger partial charge in [0.15, 0.2) is 0 Å². The summed E-state index contributed by atoms with van der Waals surface area (Å²) in [7, 11) is 0. The Hall–Kier alpha value is 0.270. The Balaban J connectivity index is 1.75. The Morgan fingerprint density at radius 3 is 2.53 bits per heavy atom. The van der Waals surface area contributed by atoms with Crippen molar-refractivity contribution in [3.63, 3.8) is 0 Å². The van der Waals surface area contributed by atoms with Crippen molar-refractivity contribution in [2.75, 3.05) is 37.7 Å². The molecule has 1 fully saturated rings. The Kier molecular flexibility index (Phi) is 7.49. The van der Waals surface area contributed by atoms with Gasteiger partial charge in [0.25, 0.3) is 0 Å². The molecule has 90 valence electrons. The van der Waals surface area contributed by atoms with Crippen LogP contribution in [0.4, 0.5) is 0 Å². The fourth-order valence-electron chi connectivity index (χ4n) is 1.60. The summed E-state index contributed by atoms with van der Waals surface area (Å²) < 4.78 is 0. The predicted molar refractivity (Wildman–Crippen MR) is 70.8 cm³/mol. The summed E-state index contributed by atoms with van der Waals surface area (Å²) in [4.78, 5) is 2.50. The molecule has 2 nitrogen and oxygen atoms in total. The van der Waals surface area contributed by atoms with Gasteiger partial charge in [0, 0.05) is 18.3 Å². The van der Waals surface area contributed by atoms with Gasteiger partial charge in [-0.05, 0) is 44.6 Å². The van der Waals surface area contributed by atoms with Crippen LogP contribution in [0.15, 0.2) is 0 Å². The molecule has 0 spiro atoms. The van der Waals surface area contributed by atoms with E-state index in [2.05, 4.69) is 35.8 Å². The van der Waals surface area contributed by atoms with Gasteiger partial charge in [-0.2, -0.15) is 11.8 Å². The molecule has 0 aliphatic heterocycles. The minimum atomic E-state index is 0.880. The number of rotatable bonds is 10. The lowest BCUT2D eigenvalue weighted by Crippen LogP contribution is -2.25. The lowest BCUT2D eigenvalue weighted by molar-refractivity contribution is 0.324. The van der Waals surface area contributed by atoms with Crippen molar-refractivity contribution in [2.24, 2.45) is 0 Å². The Labute approximate surface area is 99.2 Å². The van der Waals surface area contributed by atoms with Crippen LogP contribution in [-0.4, -0.2) is 48.6 Å². The third-order valence-corrected chi connectivity index (χ3v) is 3.97. The summed E-state index contributed by atoms with van der Waals surface area (Å²) in [5, 5.41) is 3.55. The van der Waals surface area contributed by atoms with Gasteiger partial charge in [-0.3, -0.25) is 0 Å². The fraction of sp³-hybridized carbons (Fsp3) is 1.00. The van der Waals surface area contributed by atoms with Crippen LogP contribution in [0.3, 0.4) is 0 Å². The molecule has 0 heterocycles. The van der Waals surface area contributed by atoms with Crippen LogP contribution in [0.1, 0.15) is 33.1 Å². The zero-order valence-electron chi connectivity index (χ0n) is 10.3. The van der Waals surface area contributed by atoms with Crippen molar-refractivity contribution >= 4 is 11.8 Å². The summed E-state index contributed by atoms with van der Waals surface area (Å²) in [5.41, 5.74) is 0. The molecule has 1 saturated carbocycles. The molecule has 1 aliphatic carbocycles. The van der Waals surface area contributed by atoms with Crippen molar-refractivity contribution < 1.29 is 0 Å². The summed E-state index contributed by atoms with van der Waals surface area (Å²) in [6.07, 6.45) is 4.16. The summed E-state index contributed by atoms with van der Waals surface area (Å²) in [5.74, 6) is 2.62. The molecule has 0 radical (unpaired) electrons. The third kappa shape index (κ3) is 7.20. The monoisotopic (exact) mass is 230 g/mol. The first-order chi connectivity index (χ1) is 7.36. The highest BCUT2D eigenvalue weighted by Crippen LogP contribution is 2.18. The van der Waals surface area contributed by atoms with Crippen LogP contribution in [0.5, 0.6) is 0 Å². The highest BCUT2D eigenvalue weighted by atomic mass is 32.2. The molecule has 0 saturated heterocycles. The van der Waals surface area contributed by atoms with Gasteiger partial charge in [-0.15, -0.1) is 0 Å². The van der Waals surface area contributed by atoms with E-state index < -0.39 is 0 Å². The minimum Gasteiger partial charge on any atom is -0.314 e. The van der Waals surface area contributed by atoms with Crippen LogP contribution in [-0.2, 0) is 0 Å². The SMILES string of the molecule is CCN(CC)CCSCCCNC1CC1. The van der Waals surface area contributed by atoms with E-state index >= 15 is 0 Å². The normalized spacial score (nSPS) is 16.2. The molecule has 0 aromatic carbocycles. The zero-order chi connectivity index (χ0) is 10.9. The smallest absolute Gasteiger partial charge is 0.00721 e. The van der Waals surface area contributed by atoms with E-state index in [1.54, 1.807) is 0 Å². The Morgan fingerprint density at radius 1 is 1.20 bits per heavy atom. The van der Waals surface area contributed by atoms with Crippen molar-refractivity contribution in [3.05, 3.63) is 0 Å². The van der Waals surface area contributed by atoms with Crippen LogP contribution in [0, 0.1) is 0 Å². The van der Waals surface area contributed by atoms with Crippen LogP contribution < -0.4 is 5.32 Å². The van der Waals surface area contributed by atoms with Gasteiger partial charge in [0.2, 0.25) is 0 Å². The molecule has 3 heteroatoms. The summed E-state index contributed by atoms with van der Waals surface area (Å²) in [6, 6.07) is 0.880. The summed E-state index contributed by atoms with van der Waals surface area (Å²) >= 11 is 2.10. The van der Waals surface area contributed by atoms with Gasteiger partial charge in [-0.1, -0.05) is 13.8 Å². The second-order valence-corrected chi connectivity index (χ2v) is 5.45. The van der Waals surface area contributed by atoms with E-state index in [0.717, 1.165) is 6.04 Å². The molecule has 1 aliphatic rings. The molecule has 0 aromatic rings. The van der Waals surface area contributed by atoms with Crippen molar-refractivity contribution in [1.29, 1.82) is 0 Å². The zero-order valence-corrected chi connectivity index (χ0v) is 11.1. The van der Waals surface area contributed by atoms with E-state index in [4.69, 9.17) is 0 Å². The average Bonchev–Trinajstić information content (AvgIpc) is 3.06. The van der Waals surface area contributed by atoms with Gasteiger partial charge in [-0.25, -0.2) is 0 Å². The minimum absolute atomic E-state index is 0.880. The van der Waals surface area contributed by atoms with E-state index in [1.165, 1.54) is 56.9 Å². The largest absolute Gasteiger partial charge is 0.314 e. The molecule has 0 unspecified atom stereocenters. The number of thioether (sulfide) groups is 1. The van der Waals surface area contributed by atoms with Crippen molar-refractivity contribution in [2.45, 2.75) is 39.2 Å². The number of nitrogens with one attached hydrogen (secondary N) is 1. The lowest BCUT2D eigenvalue weighted by atomic mass is 10.5. The van der Waals surface area contributed by atoms with Crippen LogP contribution >= 0.6 is 11.8 Å². The third-order valence-electron chi connectivity index (χ3n) is 2.92. The van der Waals surface area contributed by atoms with Gasteiger partial charge in [0.1, 0.15) is 0 Å². The molecule has 1 N–H and O–H groups in total. The molecule has 0 amide bonds. The average molecular weight is 230 g/mol. The van der Waals surface area contributed by atoms with Gasteiger partial charge < -0.3 is 10.2 Å². The summed E-state index contributed by atoms with van der Waals surface area (Å²) in [6.45, 7) is 9.36. The fourth-order valence-corrected chi connectivity index (χ4v) is 2.54. The van der Waals surface area contributed by atoms with E-state index in [1.807, 2.05) is 0 Å². The molecule has 0 aromatic heterocycles. The van der Waals surface area contributed by atoms with Crippen LogP contribution in [0.25, 0.3) is 0 Å². The maximum absolute atomic E-state index is 3.55. The van der Waals surface area contributed by atoms with E-state index in [0.29, 0.717) is 0 Å². The van der Waals surface area contributed by atoms with E-state index in [9.17, 15) is 0 Å². The molecule has 1 rings (SSSR count). The quantitative estimate of drug-likeness (QED) is 0.579. The first kappa shape index (κ1) is 13.3. The Morgan fingerprint density at radius 2 is 1.93 bits per heavy atom. The van der Waals surface area contributed by atoms with E-state index in [-0.39, 0.29) is 0 Å². The van der Waals surface area contributed by atoms with Crippen molar-refractivity contribution in [3.8, 4) is 0 Å².